The maximum atomic E-state index is 6.07. The molecule has 0 spiro atoms. The molecule has 0 radical (unpaired) electrons. The largest absolute Gasteiger partial charge is 0.370 e. The first-order valence-electron chi connectivity index (χ1n) is 9.89. The van der Waals surface area contributed by atoms with Crippen molar-refractivity contribution in [2.45, 2.75) is 38.7 Å². The van der Waals surface area contributed by atoms with E-state index in [9.17, 15) is 0 Å². The van der Waals surface area contributed by atoms with Gasteiger partial charge in [-0.3, -0.25) is 4.99 Å². The monoisotopic (exact) mass is 341 g/mol. The second-order valence-corrected chi connectivity index (χ2v) is 7.93. The van der Waals surface area contributed by atoms with Crippen molar-refractivity contribution in [1.82, 2.24) is 10.2 Å². The van der Waals surface area contributed by atoms with Crippen molar-refractivity contribution < 1.29 is 4.74 Å². The smallest absolute Gasteiger partial charge is 0.193 e. The molecule has 1 aliphatic heterocycles. The van der Waals surface area contributed by atoms with Gasteiger partial charge in [-0.2, -0.15) is 0 Å². The van der Waals surface area contributed by atoms with E-state index in [2.05, 4.69) is 46.4 Å². The Kier molecular flexibility index (Phi) is 4.98. The number of hydrogen-bond donors (Lipinski definition) is 1. The van der Waals surface area contributed by atoms with Crippen molar-refractivity contribution in [1.29, 1.82) is 0 Å². The lowest BCUT2D eigenvalue weighted by molar-refractivity contribution is -0.00839. The highest BCUT2D eigenvalue weighted by molar-refractivity contribution is 5.80. The molecule has 1 aromatic rings. The number of ether oxygens (including phenoxy) is 1. The molecule has 4 rings (SSSR count). The van der Waals surface area contributed by atoms with E-state index in [1.54, 1.807) is 0 Å². The van der Waals surface area contributed by atoms with E-state index in [0.29, 0.717) is 0 Å². The third-order valence-corrected chi connectivity index (χ3v) is 6.06. The summed E-state index contributed by atoms with van der Waals surface area (Å²) >= 11 is 0. The number of morpholine rings is 1. The van der Waals surface area contributed by atoms with Gasteiger partial charge in [0.2, 0.25) is 0 Å². The van der Waals surface area contributed by atoms with Crippen LogP contribution in [0.3, 0.4) is 0 Å². The van der Waals surface area contributed by atoms with Gasteiger partial charge in [0.05, 0.1) is 13.2 Å². The molecule has 25 heavy (non-hydrogen) atoms. The molecule has 0 amide bonds. The Morgan fingerprint density at radius 2 is 1.96 bits per heavy atom. The number of benzene rings is 1. The highest BCUT2D eigenvalue weighted by Gasteiger charge is 2.41. The fourth-order valence-corrected chi connectivity index (χ4v) is 4.29. The maximum Gasteiger partial charge on any atom is 0.193 e. The summed E-state index contributed by atoms with van der Waals surface area (Å²) in [6.07, 6.45) is 5.89. The molecule has 1 atom stereocenters. The van der Waals surface area contributed by atoms with Gasteiger partial charge in [0.1, 0.15) is 6.10 Å². The topological polar surface area (TPSA) is 36.9 Å². The number of nitrogens with one attached hydrogen (secondary N) is 1. The van der Waals surface area contributed by atoms with Gasteiger partial charge in [-0.1, -0.05) is 24.3 Å². The molecule has 136 valence electrons. The van der Waals surface area contributed by atoms with Gasteiger partial charge in [-0.25, -0.2) is 0 Å². The Hall–Kier alpha value is -1.55. The molecule has 2 saturated carbocycles. The van der Waals surface area contributed by atoms with Crippen LogP contribution >= 0.6 is 0 Å². The van der Waals surface area contributed by atoms with E-state index < -0.39 is 0 Å². The summed E-state index contributed by atoms with van der Waals surface area (Å²) < 4.78 is 6.07. The Balaban J connectivity index is 1.38. The Morgan fingerprint density at radius 1 is 1.24 bits per heavy atom. The van der Waals surface area contributed by atoms with E-state index in [4.69, 9.17) is 4.74 Å². The summed E-state index contributed by atoms with van der Waals surface area (Å²) in [5.74, 6) is 3.86. The summed E-state index contributed by atoms with van der Waals surface area (Å²) in [5.41, 5.74) is 2.61. The first kappa shape index (κ1) is 16.9. The molecular formula is C21H31N3O. The molecule has 0 aromatic heterocycles. The van der Waals surface area contributed by atoms with Crippen LogP contribution in [0.1, 0.15) is 42.9 Å². The minimum atomic E-state index is 0.135. The minimum absolute atomic E-state index is 0.135. The summed E-state index contributed by atoms with van der Waals surface area (Å²) in [5, 5.41) is 3.69. The molecule has 2 aliphatic carbocycles. The molecule has 1 unspecified atom stereocenters. The van der Waals surface area contributed by atoms with Crippen LogP contribution in [0, 0.1) is 24.7 Å². The maximum absolute atomic E-state index is 6.07. The van der Waals surface area contributed by atoms with Gasteiger partial charge < -0.3 is 15.0 Å². The van der Waals surface area contributed by atoms with Gasteiger partial charge in [0.25, 0.3) is 0 Å². The Morgan fingerprint density at radius 3 is 2.60 bits per heavy atom. The normalized spacial score (nSPS) is 24.7. The van der Waals surface area contributed by atoms with Gasteiger partial charge in [-0.15, -0.1) is 0 Å². The number of nitrogens with zero attached hydrogens (tertiary/aromatic N) is 2. The van der Waals surface area contributed by atoms with Crippen LogP contribution in [-0.2, 0) is 4.74 Å². The lowest BCUT2D eigenvalue weighted by Gasteiger charge is -2.36. The number of guanidine groups is 1. The highest BCUT2D eigenvalue weighted by atomic mass is 16.5. The zero-order chi connectivity index (χ0) is 17.2. The first-order chi connectivity index (χ1) is 12.3. The number of aryl methyl sites for hydroxylation is 1. The van der Waals surface area contributed by atoms with Crippen LogP contribution < -0.4 is 5.32 Å². The Bertz CT molecular complexity index is 609. The summed E-state index contributed by atoms with van der Waals surface area (Å²) in [6.45, 7) is 5.81. The predicted molar refractivity (Wildman–Crippen MR) is 102 cm³/mol. The molecule has 3 fully saturated rings. The quantitative estimate of drug-likeness (QED) is 0.659. The molecule has 3 aliphatic rings. The first-order valence-corrected chi connectivity index (χ1v) is 9.89. The van der Waals surface area contributed by atoms with E-state index in [1.165, 1.54) is 36.8 Å². The van der Waals surface area contributed by atoms with Crippen molar-refractivity contribution in [2.75, 3.05) is 33.3 Å². The van der Waals surface area contributed by atoms with Crippen molar-refractivity contribution >= 4 is 5.96 Å². The van der Waals surface area contributed by atoms with Crippen molar-refractivity contribution in [2.24, 2.45) is 22.7 Å². The van der Waals surface area contributed by atoms with Crippen molar-refractivity contribution in [3.8, 4) is 0 Å². The third-order valence-electron chi connectivity index (χ3n) is 6.06. The average Bonchev–Trinajstić information content (AvgIpc) is 3.54. The zero-order valence-electron chi connectivity index (χ0n) is 15.6. The average molecular weight is 341 g/mol. The number of aliphatic imine (C=N–C) groups is 1. The summed E-state index contributed by atoms with van der Waals surface area (Å²) in [4.78, 5) is 6.94. The zero-order valence-corrected chi connectivity index (χ0v) is 15.6. The van der Waals surface area contributed by atoms with Crippen LogP contribution in [-0.4, -0.2) is 44.1 Å². The molecule has 4 heteroatoms. The number of rotatable bonds is 5. The minimum Gasteiger partial charge on any atom is -0.370 e. The van der Waals surface area contributed by atoms with Crippen LogP contribution in [0.15, 0.2) is 29.3 Å². The van der Waals surface area contributed by atoms with E-state index in [0.717, 1.165) is 50.0 Å². The highest BCUT2D eigenvalue weighted by Crippen LogP contribution is 2.48. The van der Waals surface area contributed by atoms with E-state index in [-0.39, 0.29) is 6.10 Å². The standard InChI is InChI=1S/C21H31N3O/c1-15-5-3-4-6-18(15)20-14-24(11-12-25-20)21(22-2)23-13-19(16-7-8-16)17-9-10-17/h3-6,16-17,19-20H,7-14H2,1-2H3,(H,22,23). The molecule has 1 heterocycles. The second-order valence-electron chi connectivity index (χ2n) is 7.93. The third kappa shape index (κ3) is 4.00. The lowest BCUT2D eigenvalue weighted by Crippen LogP contribution is -2.49. The fourth-order valence-electron chi connectivity index (χ4n) is 4.29. The van der Waals surface area contributed by atoms with Crippen molar-refractivity contribution in [3.05, 3.63) is 35.4 Å². The van der Waals surface area contributed by atoms with Crippen LogP contribution in [0.5, 0.6) is 0 Å². The molecular weight excluding hydrogens is 310 g/mol. The van der Waals surface area contributed by atoms with Gasteiger partial charge >= 0.3 is 0 Å². The van der Waals surface area contributed by atoms with Crippen LogP contribution in [0.25, 0.3) is 0 Å². The second kappa shape index (κ2) is 7.36. The molecule has 1 saturated heterocycles. The fraction of sp³-hybridized carbons (Fsp3) is 0.667. The van der Waals surface area contributed by atoms with Gasteiger partial charge in [-0.05, 0) is 61.5 Å². The predicted octanol–water partition coefficient (Wildman–Crippen LogP) is 3.38. The van der Waals surface area contributed by atoms with E-state index in [1.807, 2.05) is 7.05 Å². The van der Waals surface area contributed by atoms with Crippen LogP contribution in [0.2, 0.25) is 0 Å². The lowest BCUT2D eigenvalue weighted by atomic mass is 9.98. The molecule has 1 N–H and O–H groups in total. The SMILES string of the molecule is CN=C(NCC(C1CC1)C1CC1)N1CCOC(c2ccccc2C)C1. The molecule has 0 bridgehead atoms. The van der Waals surface area contributed by atoms with E-state index >= 15 is 0 Å². The van der Waals surface area contributed by atoms with Gasteiger partial charge in [0.15, 0.2) is 5.96 Å². The molecule has 1 aromatic carbocycles. The summed E-state index contributed by atoms with van der Waals surface area (Å²) in [6, 6.07) is 8.56. The van der Waals surface area contributed by atoms with Crippen LogP contribution in [0.4, 0.5) is 0 Å². The Labute approximate surface area is 151 Å². The number of hydrogen-bond acceptors (Lipinski definition) is 2. The van der Waals surface area contributed by atoms with Crippen molar-refractivity contribution in [3.63, 3.8) is 0 Å². The molecule has 4 nitrogen and oxygen atoms in total. The van der Waals surface area contributed by atoms with Gasteiger partial charge in [0, 0.05) is 20.1 Å². The summed E-state index contributed by atoms with van der Waals surface area (Å²) in [7, 11) is 1.91.